The molecule has 0 atom stereocenters. The van der Waals surface area contributed by atoms with E-state index < -0.39 is 4.92 Å². The Bertz CT molecular complexity index is 1040. The first kappa shape index (κ1) is 15.0. The van der Waals surface area contributed by atoms with Crippen molar-refractivity contribution in [2.45, 2.75) is 13.0 Å². The molecule has 25 heavy (non-hydrogen) atoms. The lowest BCUT2D eigenvalue weighted by Crippen LogP contribution is -2.09. The predicted molar refractivity (Wildman–Crippen MR) is 87.0 cm³/mol. The van der Waals surface area contributed by atoms with Crippen LogP contribution < -0.4 is 4.74 Å². The molecule has 1 aliphatic rings. The highest BCUT2D eigenvalue weighted by Gasteiger charge is 2.15. The zero-order chi connectivity index (χ0) is 17.4. The van der Waals surface area contributed by atoms with Gasteiger partial charge in [-0.1, -0.05) is 0 Å². The standard InChI is InChI=1S/C17H11N3O5/c21-10-1-4-13-15(7-10)19-16-8-11(2-5-14(16)18-13)24-9-12-3-6-17(25-12)20(22)23/h1-6,8H,7,9H2. The minimum atomic E-state index is -0.603. The molecule has 1 aromatic carbocycles. The Kier molecular flexibility index (Phi) is 3.50. The SMILES string of the molecule is O=C1C=Cc2nc3ccc(OCc4ccc([N+](=O)[O-])o4)cc3nc2C1. The van der Waals surface area contributed by atoms with E-state index in [0.29, 0.717) is 33.9 Å². The largest absolute Gasteiger partial charge is 0.486 e. The second-order valence-electron chi connectivity index (χ2n) is 5.47. The third-order valence-corrected chi connectivity index (χ3v) is 3.72. The number of allylic oxidation sites excluding steroid dienone is 1. The highest BCUT2D eigenvalue weighted by Crippen LogP contribution is 2.23. The van der Waals surface area contributed by atoms with Crippen LogP contribution in [-0.2, 0) is 17.8 Å². The van der Waals surface area contributed by atoms with Crippen molar-refractivity contribution < 1.29 is 18.9 Å². The molecular weight excluding hydrogens is 326 g/mol. The van der Waals surface area contributed by atoms with Crippen LogP contribution >= 0.6 is 0 Å². The number of fused-ring (bicyclic) bond motifs is 2. The van der Waals surface area contributed by atoms with E-state index in [-0.39, 0.29) is 24.7 Å². The van der Waals surface area contributed by atoms with E-state index in [2.05, 4.69) is 9.97 Å². The lowest BCUT2D eigenvalue weighted by Gasteiger charge is -2.10. The van der Waals surface area contributed by atoms with Gasteiger partial charge in [0, 0.05) is 6.07 Å². The van der Waals surface area contributed by atoms with E-state index >= 15 is 0 Å². The first-order valence-electron chi connectivity index (χ1n) is 7.46. The van der Waals surface area contributed by atoms with Crippen molar-refractivity contribution in [1.29, 1.82) is 0 Å². The zero-order valence-corrected chi connectivity index (χ0v) is 12.8. The molecule has 2 aromatic heterocycles. The molecule has 3 aromatic rings. The maximum Gasteiger partial charge on any atom is 0.433 e. The molecule has 4 rings (SSSR count). The van der Waals surface area contributed by atoms with Crippen LogP contribution in [0.1, 0.15) is 17.1 Å². The molecule has 0 saturated carbocycles. The summed E-state index contributed by atoms with van der Waals surface area (Å²) >= 11 is 0. The molecule has 0 spiro atoms. The number of hydrogen-bond donors (Lipinski definition) is 0. The fraction of sp³-hybridized carbons (Fsp3) is 0.118. The van der Waals surface area contributed by atoms with E-state index in [0.717, 1.165) is 0 Å². The monoisotopic (exact) mass is 337 g/mol. The summed E-state index contributed by atoms with van der Waals surface area (Å²) in [4.78, 5) is 30.5. The Balaban J connectivity index is 1.57. The molecule has 0 unspecified atom stereocenters. The van der Waals surface area contributed by atoms with Gasteiger partial charge in [-0.3, -0.25) is 14.9 Å². The lowest BCUT2D eigenvalue weighted by molar-refractivity contribution is -0.402. The molecule has 0 N–H and O–H groups in total. The van der Waals surface area contributed by atoms with E-state index in [1.54, 1.807) is 24.3 Å². The summed E-state index contributed by atoms with van der Waals surface area (Å²) in [6.07, 6.45) is 3.40. The zero-order valence-electron chi connectivity index (χ0n) is 12.8. The van der Waals surface area contributed by atoms with Gasteiger partial charge in [-0.05, 0) is 30.4 Å². The fourth-order valence-corrected chi connectivity index (χ4v) is 2.53. The first-order valence-corrected chi connectivity index (χ1v) is 7.46. The average molecular weight is 337 g/mol. The molecular formula is C17H11N3O5. The van der Waals surface area contributed by atoms with Gasteiger partial charge in [0.15, 0.2) is 5.78 Å². The quantitative estimate of drug-likeness (QED) is 0.532. The van der Waals surface area contributed by atoms with Crippen LogP contribution in [-0.4, -0.2) is 20.7 Å². The molecule has 124 valence electrons. The molecule has 2 heterocycles. The Morgan fingerprint density at radius 3 is 2.84 bits per heavy atom. The van der Waals surface area contributed by atoms with Crippen LogP contribution in [0.25, 0.3) is 17.1 Å². The van der Waals surface area contributed by atoms with Gasteiger partial charge in [-0.15, -0.1) is 0 Å². The summed E-state index contributed by atoms with van der Waals surface area (Å²) in [7, 11) is 0. The first-order chi connectivity index (χ1) is 12.1. The van der Waals surface area contributed by atoms with Gasteiger partial charge in [0.2, 0.25) is 0 Å². The van der Waals surface area contributed by atoms with Gasteiger partial charge in [0.05, 0.1) is 34.9 Å². The van der Waals surface area contributed by atoms with Crippen molar-refractivity contribution in [2.24, 2.45) is 0 Å². The topological polar surface area (TPSA) is 108 Å². The summed E-state index contributed by atoms with van der Waals surface area (Å²) in [5.74, 6) is 0.540. The Morgan fingerprint density at radius 1 is 1.16 bits per heavy atom. The smallest absolute Gasteiger partial charge is 0.433 e. The van der Waals surface area contributed by atoms with Crippen molar-refractivity contribution >= 4 is 28.8 Å². The molecule has 0 saturated heterocycles. The molecule has 0 aliphatic heterocycles. The average Bonchev–Trinajstić information content (AvgIpc) is 3.07. The molecule has 8 nitrogen and oxygen atoms in total. The van der Waals surface area contributed by atoms with Crippen molar-refractivity contribution in [2.75, 3.05) is 0 Å². The maximum absolute atomic E-state index is 11.5. The van der Waals surface area contributed by atoms with Crippen molar-refractivity contribution in [3.63, 3.8) is 0 Å². The summed E-state index contributed by atoms with van der Waals surface area (Å²) < 4.78 is 10.6. The summed E-state index contributed by atoms with van der Waals surface area (Å²) in [5.41, 5.74) is 2.64. The molecule has 0 radical (unpaired) electrons. The maximum atomic E-state index is 11.5. The van der Waals surface area contributed by atoms with Crippen LogP contribution in [0.3, 0.4) is 0 Å². The third-order valence-electron chi connectivity index (χ3n) is 3.72. The van der Waals surface area contributed by atoms with Crippen LogP contribution in [0, 0.1) is 10.1 Å². The van der Waals surface area contributed by atoms with Gasteiger partial charge in [-0.2, -0.15) is 0 Å². The van der Waals surface area contributed by atoms with Crippen molar-refractivity contribution in [1.82, 2.24) is 9.97 Å². The Hall–Kier alpha value is -3.55. The number of benzene rings is 1. The number of carbonyl (C=O) groups is 1. The van der Waals surface area contributed by atoms with Crippen LogP contribution in [0.2, 0.25) is 0 Å². The highest BCUT2D eigenvalue weighted by molar-refractivity contribution is 5.98. The fourth-order valence-electron chi connectivity index (χ4n) is 2.53. The van der Waals surface area contributed by atoms with Gasteiger partial charge in [0.25, 0.3) is 0 Å². The summed E-state index contributed by atoms with van der Waals surface area (Å²) in [6, 6.07) is 7.99. The molecule has 0 fully saturated rings. The number of carbonyl (C=O) groups excluding carboxylic acids is 1. The number of rotatable bonds is 4. The van der Waals surface area contributed by atoms with E-state index in [1.807, 2.05) is 0 Å². The predicted octanol–water partition coefficient (Wildman–Crippen LogP) is 2.85. The molecule has 1 aliphatic carbocycles. The van der Waals surface area contributed by atoms with Crippen LogP contribution in [0.15, 0.2) is 40.8 Å². The normalized spacial score (nSPS) is 13.0. The third kappa shape index (κ3) is 2.97. The number of nitrogens with zero attached hydrogens (tertiary/aromatic N) is 3. The number of aromatic nitrogens is 2. The van der Waals surface area contributed by atoms with E-state index in [4.69, 9.17) is 9.15 Å². The Morgan fingerprint density at radius 2 is 2.04 bits per heavy atom. The lowest BCUT2D eigenvalue weighted by atomic mass is 10.1. The van der Waals surface area contributed by atoms with Crippen LogP contribution in [0.5, 0.6) is 5.75 Å². The van der Waals surface area contributed by atoms with Gasteiger partial charge in [-0.25, -0.2) is 9.97 Å². The number of ether oxygens (including phenoxy) is 1. The summed E-state index contributed by atoms with van der Waals surface area (Å²) in [5, 5.41) is 10.6. The number of furan rings is 1. The minimum Gasteiger partial charge on any atom is -0.486 e. The Labute approximate surface area is 140 Å². The van der Waals surface area contributed by atoms with E-state index in [9.17, 15) is 14.9 Å². The number of nitro groups is 1. The second-order valence-corrected chi connectivity index (χ2v) is 5.47. The minimum absolute atomic E-state index is 0.00651. The molecule has 0 amide bonds. The van der Waals surface area contributed by atoms with E-state index in [1.165, 1.54) is 18.2 Å². The van der Waals surface area contributed by atoms with Crippen LogP contribution in [0.4, 0.5) is 5.88 Å². The van der Waals surface area contributed by atoms with Crippen molar-refractivity contribution in [3.8, 4) is 5.75 Å². The van der Waals surface area contributed by atoms with Gasteiger partial charge < -0.3 is 9.15 Å². The highest BCUT2D eigenvalue weighted by atomic mass is 16.6. The second kappa shape index (κ2) is 5.82. The number of hydrogen-bond acceptors (Lipinski definition) is 7. The molecule has 0 bridgehead atoms. The summed E-state index contributed by atoms with van der Waals surface area (Å²) in [6.45, 7) is 0.0545. The van der Waals surface area contributed by atoms with Gasteiger partial charge in [0.1, 0.15) is 23.0 Å². The molecule has 8 heteroatoms. The van der Waals surface area contributed by atoms with Gasteiger partial charge >= 0.3 is 5.88 Å². The number of ketones is 1. The van der Waals surface area contributed by atoms with Crippen molar-refractivity contribution in [3.05, 3.63) is 63.7 Å².